The van der Waals surface area contributed by atoms with Crippen molar-refractivity contribution in [1.82, 2.24) is 0 Å². The zero-order chi connectivity index (χ0) is 13.0. The van der Waals surface area contributed by atoms with E-state index in [2.05, 4.69) is 24.4 Å². The molecule has 2 unspecified atom stereocenters. The van der Waals surface area contributed by atoms with Crippen molar-refractivity contribution in [1.29, 1.82) is 0 Å². The van der Waals surface area contributed by atoms with Crippen molar-refractivity contribution in [3.63, 3.8) is 0 Å². The molecule has 0 bridgehead atoms. The van der Waals surface area contributed by atoms with Gasteiger partial charge in [0.1, 0.15) is 5.75 Å². The molecule has 18 heavy (non-hydrogen) atoms. The lowest BCUT2D eigenvalue weighted by Crippen LogP contribution is -2.37. The predicted octanol–water partition coefficient (Wildman–Crippen LogP) is 3.37. The van der Waals surface area contributed by atoms with E-state index in [1.807, 2.05) is 13.2 Å². The van der Waals surface area contributed by atoms with E-state index in [0.717, 1.165) is 23.4 Å². The van der Waals surface area contributed by atoms with Gasteiger partial charge in [0.2, 0.25) is 0 Å². The molecule has 0 spiro atoms. The van der Waals surface area contributed by atoms with Crippen LogP contribution >= 0.6 is 0 Å². The third-order valence-electron chi connectivity index (χ3n) is 3.75. The van der Waals surface area contributed by atoms with Gasteiger partial charge in [-0.2, -0.15) is 0 Å². The molecule has 0 saturated heterocycles. The molecule has 100 valence electrons. The Hall–Kier alpha value is -1.22. The Kier molecular flexibility index (Phi) is 4.48. The minimum absolute atomic E-state index is 0.334. The van der Waals surface area contributed by atoms with Crippen molar-refractivity contribution >= 4 is 5.69 Å². The van der Waals surface area contributed by atoms with Crippen LogP contribution in [0.4, 0.5) is 5.69 Å². The topological polar surface area (TPSA) is 30.5 Å². The summed E-state index contributed by atoms with van der Waals surface area (Å²) in [6.45, 7) is 2.07. The zero-order valence-corrected chi connectivity index (χ0v) is 11.5. The van der Waals surface area contributed by atoms with Gasteiger partial charge in [-0.05, 0) is 43.5 Å². The Bertz CT molecular complexity index is 392. The molecule has 1 N–H and O–H groups in total. The summed E-state index contributed by atoms with van der Waals surface area (Å²) in [5, 5.41) is 3.59. The first kappa shape index (κ1) is 13.2. The summed E-state index contributed by atoms with van der Waals surface area (Å²) in [6, 6.07) is 6.66. The molecule has 1 aliphatic rings. The van der Waals surface area contributed by atoms with Gasteiger partial charge in [0.05, 0.1) is 19.3 Å². The van der Waals surface area contributed by atoms with Crippen LogP contribution in [0, 0.1) is 6.92 Å². The second-order valence-corrected chi connectivity index (χ2v) is 4.99. The number of hydrogen-bond donors (Lipinski definition) is 1. The average Bonchev–Trinajstić information content (AvgIpc) is 2.39. The third-order valence-corrected chi connectivity index (χ3v) is 3.75. The van der Waals surface area contributed by atoms with Crippen molar-refractivity contribution in [3.8, 4) is 5.75 Å². The van der Waals surface area contributed by atoms with E-state index in [4.69, 9.17) is 9.47 Å². The number of benzene rings is 1. The molecular formula is C15H23NO2. The van der Waals surface area contributed by atoms with E-state index in [9.17, 15) is 0 Å². The van der Waals surface area contributed by atoms with Crippen LogP contribution in [0.1, 0.15) is 31.2 Å². The Morgan fingerprint density at radius 1 is 1.17 bits per heavy atom. The van der Waals surface area contributed by atoms with E-state index in [1.165, 1.54) is 19.3 Å². The summed E-state index contributed by atoms with van der Waals surface area (Å²) in [5.41, 5.74) is 2.31. The van der Waals surface area contributed by atoms with Gasteiger partial charge < -0.3 is 14.8 Å². The number of ether oxygens (including phenoxy) is 2. The van der Waals surface area contributed by atoms with Crippen LogP contribution in [-0.2, 0) is 4.74 Å². The molecule has 0 amide bonds. The summed E-state index contributed by atoms with van der Waals surface area (Å²) in [4.78, 5) is 0. The average molecular weight is 249 g/mol. The number of rotatable bonds is 4. The number of nitrogens with one attached hydrogen (secondary N) is 1. The third kappa shape index (κ3) is 2.96. The Balaban J connectivity index is 2.05. The Morgan fingerprint density at radius 3 is 2.61 bits per heavy atom. The number of methoxy groups -OCH3 is 2. The maximum Gasteiger partial charge on any atom is 0.121 e. The van der Waals surface area contributed by atoms with Crippen molar-refractivity contribution in [2.24, 2.45) is 0 Å². The smallest absolute Gasteiger partial charge is 0.121 e. The molecule has 1 saturated carbocycles. The first-order chi connectivity index (χ1) is 8.74. The SMILES string of the molecule is COc1ccc(NC2CCCCC2OC)cc1C. The highest BCUT2D eigenvalue weighted by molar-refractivity contribution is 5.51. The molecule has 1 aliphatic carbocycles. The summed E-state index contributed by atoms with van der Waals surface area (Å²) < 4.78 is 10.8. The minimum Gasteiger partial charge on any atom is -0.496 e. The molecule has 0 aliphatic heterocycles. The standard InChI is InChI=1S/C15H23NO2/c1-11-10-12(8-9-14(11)17-2)16-13-6-4-5-7-15(13)18-3/h8-10,13,15-16H,4-7H2,1-3H3. The van der Waals surface area contributed by atoms with Gasteiger partial charge in [-0.1, -0.05) is 12.8 Å². The van der Waals surface area contributed by atoms with E-state index < -0.39 is 0 Å². The van der Waals surface area contributed by atoms with Crippen molar-refractivity contribution in [2.75, 3.05) is 19.5 Å². The second kappa shape index (κ2) is 6.10. The fourth-order valence-corrected chi connectivity index (χ4v) is 2.73. The number of hydrogen-bond acceptors (Lipinski definition) is 3. The monoisotopic (exact) mass is 249 g/mol. The lowest BCUT2D eigenvalue weighted by Gasteiger charge is -2.32. The Morgan fingerprint density at radius 2 is 1.94 bits per heavy atom. The molecule has 0 aromatic heterocycles. The summed E-state index contributed by atoms with van der Waals surface area (Å²) >= 11 is 0. The number of aryl methyl sites for hydroxylation is 1. The quantitative estimate of drug-likeness (QED) is 0.887. The maximum atomic E-state index is 5.56. The molecular weight excluding hydrogens is 226 g/mol. The highest BCUT2D eigenvalue weighted by Crippen LogP contribution is 2.26. The summed E-state index contributed by atoms with van der Waals surface area (Å²) in [6.07, 6.45) is 5.24. The van der Waals surface area contributed by atoms with Gasteiger partial charge in [-0.15, -0.1) is 0 Å². The van der Waals surface area contributed by atoms with Gasteiger partial charge in [-0.25, -0.2) is 0 Å². The first-order valence-electron chi connectivity index (χ1n) is 6.68. The number of anilines is 1. The van der Waals surface area contributed by atoms with E-state index in [0.29, 0.717) is 12.1 Å². The van der Waals surface area contributed by atoms with Gasteiger partial charge in [0, 0.05) is 12.8 Å². The lowest BCUT2D eigenvalue weighted by atomic mass is 9.92. The maximum absolute atomic E-state index is 5.56. The minimum atomic E-state index is 0.334. The van der Waals surface area contributed by atoms with E-state index >= 15 is 0 Å². The molecule has 0 heterocycles. The molecule has 2 atom stereocenters. The highest BCUT2D eigenvalue weighted by atomic mass is 16.5. The molecule has 1 aromatic rings. The molecule has 0 radical (unpaired) electrons. The fourth-order valence-electron chi connectivity index (χ4n) is 2.73. The van der Waals surface area contributed by atoms with Gasteiger partial charge in [-0.3, -0.25) is 0 Å². The normalized spacial score (nSPS) is 23.7. The van der Waals surface area contributed by atoms with Gasteiger partial charge in [0.15, 0.2) is 0 Å². The van der Waals surface area contributed by atoms with Crippen LogP contribution in [0.15, 0.2) is 18.2 Å². The van der Waals surface area contributed by atoms with Crippen LogP contribution in [0.2, 0.25) is 0 Å². The van der Waals surface area contributed by atoms with Crippen LogP contribution in [0.25, 0.3) is 0 Å². The molecule has 3 heteroatoms. The molecule has 1 fully saturated rings. The van der Waals surface area contributed by atoms with Crippen molar-refractivity contribution in [2.45, 2.75) is 44.8 Å². The Labute approximate surface area is 109 Å². The molecule has 3 nitrogen and oxygen atoms in total. The van der Waals surface area contributed by atoms with Crippen LogP contribution in [0.5, 0.6) is 5.75 Å². The zero-order valence-electron chi connectivity index (χ0n) is 11.5. The van der Waals surface area contributed by atoms with Gasteiger partial charge >= 0.3 is 0 Å². The van der Waals surface area contributed by atoms with Crippen LogP contribution in [-0.4, -0.2) is 26.4 Å². The molecule has 1 aromatic carbocycles. The fraction of sp³-hybridized carbons (Fsp3) is 0.600. The van der Waals surface area contributed by atoms with Crippen molar-refractivity contribution < 1.29 is 9.47 Å². The summed E-state index contributed by atoms with van der Waals surface area (Å²) in [7, 11) is 3.52. The second-order valence-electron chi connectivity index (χ2n) is 4.99. The van der Waals surface area contributed by atoms with E-state index in [1.54, 1.807) is 7.11 Å². The highest BCUT2D eigenvalue weighted by Gasteiger charge is 2.24. The lowest BCUT2D eigenvalue weighted by molar-refractivity contribution is 0.0606. The first-order valence-corrected chi connectivity index (χ1v) is 6.68. The largest absolute Gasteiger partial charge is 0.496 e. The van der Waals surface area contributed by atoms with Crippen LogP contribution < -0.4 is 10.1 Å². The van der Waals surface area contributed by atoms with Crippen molar-refractivity contribution in [3.05, 3.63) is 23.8 Å². The molecule has 2 rings (SSSR count). The van der Waals surface area contributed by atoms with Crippen LogP contribution in [0.3, 0.4) is 0 Å². The van der Waals surface area contributed by atoms with E-state index in [-0.39, 0.29) is 0 Å². The predicted molar refractivity (Wildman–Crippen MR) is 74.4 cm³/mol. The van der Waals surface area contributed by atoms with Gasteiger partial charge in [0.25, 0.3) is 0 Å². The summed E-state index contributed by atoms with van der Waals surface area (Å²) in [5.74, 6) is 0.937.